The first kappa shape index (κ1) is 23.1. The van der Waals surface area contributed by atoms with Crippen LogP contribution in [0.1, 0.15) is 37.4 Å². The lowest BCUT2D eigenvalue weighted by Crippen LogP contribution is -2.47. The summed E-state index contributed by atoms with van der Waals surface area (Å²) in [6.45, 7) is 4.39. The van der Waals surface area contributed by atoms with Crippen molar-refractivity contribution >= 4 is 27.8 Å². The average Bonchev–Trinajstić information content (AvgIpc) is 3.00. The molecular formula is C23H28F3N3O2. The Morgan fingerprint density at radius 2 is 1.81 bits per heavy atom. The highest BCUT2D eigenvalue weighted by Gasteiger charge is 2.42. The number of nitrogens with zero attached hydrogens (tertiary/aromatic N) is 1. The van der Waals surface area contributed by atoms with E-state index in [9.17, 15) is 18.0 Å². The maximum Gasteiger partial charge on any atom is 0.407 e. The number of alkyl halides is 3. The quantitative estimate of drug-likeness (QED) is 0.536. The van der Waals surface area contributed by atoms with E-state index >= 15 is 0 Å². The number of benzene rings is 2. The van der Waals surface area contributed by atoms with Gasteiger partial charge in [-0.15, -0.1) is 0 Å². The first-order valence-corrected chi connectivity index (χ1v) is 10.2. The van der Waals surface area contributed by atoms with E-state index in [1.807, 2.05) is 51.0 Å². The van der Waals surface area contributed by atoms with Gasteiger partial charge in [0.25, 0.3) is 0 Å². The van der Waals surface area contributed by atoms with Gasteiger partial charge in [0.15, 0.2) is 0 Å². The van der Waals surface area contributed by atoms with Gasteiger partial charge in [-0.25, -0.2) is 0 Å². The Bertz CT molecular complexity index is 1070. The molecule has 0 spiro atoms. The van der Waals surface area contributed by atoms with Crippen LogP contribution in [0.4, 0.5) is 13.2 Å². The van der Waals surface area contributed by atoms with Gasteiger partial charge in [0, 0.05) is 17.3 Å². The molecule has 8 heteroatoms. The van der Waals surface area contributed by atoms with E-state index in [0.717, 1.165) is 22.9 Å². The van der Waals surface area contributed by atoms with Crippen LogP contribution in [-0.2, 0) is 11.3 Å². The first-order chi connectivity index (χ1) is 14.5. The van der Waals surface area contributed by atoms with Crippen LogP contribution in [-0.4, -0.2) is 37.1 Å². The van der Waals surface area contributed by atoms with Gasteiger partial charge < -0.3 is 15.1 Å². The van der Waals surface area contributed by atoms with Gasteiger partial charge in [-0.1, -0.05) is 32.0 Å². The third kappa shape index (κ3) is 5.37. The Kier molecular flexibility index (Phi) is 6.62. The molecule has 3 N–H and O–H groups in total. The number of carbonyl (C=O) groups is 1. The number of primary amides is 1. The van der Waals surface area contributed by atoms with Gasteiger partial charge in [0.2, 0.25) is 5.91 Å². The van der Waals surface area contributed by atoms with Gasteiger partial charge in [-0.2, -0.15) is 13.2 Å². The van der Waals surface area contributed by atoms with Crippen molar-refractivity contribution in [3.8, 4) is 0 Å². The molecule has 1 aromatic heterocycles. The fraction of sp³-hybridized carbons (Fsp3) is 0.435. The summed E-state index contributed by atoms with van der Waals surface area (Å²) >= 11 is 0. The first-order valence-electron chi connectivity index (χ1n) is 10.2. The lowest BCUT2D eigenvalue weighted by Gasteiger charge is -2.27. The molecular weight excluding hydrogens is 407 g/mol. The number of amides is 1. The van der Waals surface area contributed by atoms with Crippen molar-refractivity contribution in [2.24, 2.45) is 11.7 Å². The van der Waals surface area contributed by atoms with Gasteiger partial charge in [0.05, 0.1) is 6.04 Å². The van der Waals surface area contributed by atoms with Crippen LogP contribution in [0.15, 0.2) is 40.8 Å². The van der Waals surface area contributed by atoms with E-state index in [0.29, 0.717) is 11.2 Å². The van der Waals surface area contributed by atoms with Gasteiger partial charge in [-0.05, 0) is 55.8 Å². The van der Waals surface area contributed by atoms with Crippen molar-refractivity contribution < 1.29 is 22.4 Å². The van der Waals surface area contributed by atoms with Crippen molar-refractivity contribution in [2.45, 2.75) is 45.1 Å². The van der Waals surface area contributed by atoms with Gasteiger partial charge in [-0.3, -0.25) is 10.1 Å². The fourth-order valence-corrected chi connectivity index (χ4v) is 3.80. The molecule has 0 aliphatic rings. The van der Waals surface area contributed by atoms with Gasteiger partial charge >= 0.3 is 6.18 Å². The van der Waals surface area contributed by atoms with Crippen LogP contribution < -0.4 is 11.1 Å². The highest BCUT2D eigenvalue weighted by molar-refractivity contribution is 6.05. The lowest BCUT2D eigenvalue weighted by atomic mass is 9.99. The number of carbonyl (C=O) groups excluding carboxylic acids is 1. The fourth-order valence-electron chi connectivity index (χ4n) is 3.80. The molecule has 5 nitrogen and oxygen atoms in total. The Morgan fingerprint density at radius 3 is 2.39 bits per heavy atom. The van der Waals surface area contributed by atoms with Crippen LogP contribution >= 0.6 is 0 Å². The number of nitrogens with two attached hydrogens (primary N) is 1. The molecule has 2 atom stereocenters. The molecule has 0 radical (unpaired) electrons. The Hall–Kier alpha value is -2.58. The summed E-state index contributed by atoms with van der Waals surface area (Å²) < 4.78 is 47.5. The molecule has 1 amide bonds. The standard InChI is InChI=1S/C23H28F3N3O2/c1-13(2)9-18(22(27)30)28-21(23(24,25)26)15-6-7-16-17-10-14(12-29(3)4)5-8-19(17)31-20(16)11-15/h5-8,10-11,13,18,21,28H,9,12H2,1-4H3,(H2,27,30)/t18?,21-/m0/s1. The van der Waals surface area contributed by atoms with Crippen LogP contribution in [0.5, 0.6) is 0 Å². The van der Waals surface area contributed by atoms with E-state index in [2.05, 4.69) is 5.32 Å². The minimum Gasteiger partial charge on any atom is -0.456 e. The molecule has 0 saturated heterocycles. The highest BCUT2D eigenvalue weighted by Crippen LogP contribution is 2.37. The second-order valence-corrected chi connectivity index (χ2v) is 8.65. The van der Waals surface area contributed by atoms with E-state index in [-0.39, 0.29) is 17.9 Å². The maximum atomic E-state index is 13.9. The number of fused-ring (bicyclic) bond motifs is 3. The number of halogens is 3. The Balaban J connectivity index is 2.01. The molecule has 3 rings (SSSR count). The summed E-state index contributed by atoms with van der Waals surface area (Å²) in [5.74, 6) is -0.797. The molecule has 31 heavy (non-hydrogen) atoms. The molecule has 2 aromatic carbocycles. The van der Waals surface area contributed by atoms with E-state index < -0.39 is 24.2 Å². The second-order valence-electron chi connectivity index (χ2n) is 8.65. The van der Waals surface area contributed by atoms with Crippen LogP contribution in [0, 0.1) is 5.92 Å². The summed E-state index contributed by atoms with van der Waals surface area (Å²) in [6.07, 6.45) is -4.40. The number of nitrogens with one attached hydrogen (secondary N) is 1. The summed E-state index contributed by atoms with van der Waals surface area (Å²) in [6, 6.07) is 7.09. The third-order valence-electron chi connectivity index (χ3n) is 5.14. The molecule has 1 unspecified atom stereocenters. The molecule has 168 valence electrons. The summed E-state index contributed by atoms with van der Waals surface area (Å²) in [5, 5.41) is 4.02. The van der Waals surface area contributed by atoms with Crippen molar-refractivity contribution in [2.75, 3.05) is 14.1 Å². The van der Waals surface area contributed by atoms with E-state index in [1.54, 1.807) is 6.07 Å². The maximum absolute atomic E-state index is 13.9. The SMILES string of the molecule is CC(C)CC(N[C@@H](c1ccc2c(c1)oc1ccc(CN(C)C)cc12)C(F)(F)F)C(N)=O. The van der Waals surface area contributed by atoms with Crippen molar-refractivity contribution in [1.82, 2.24) is 10.2 Å². The minimum absolute atomic E-state index is 0.00750. The van der Waals surface area contributed by atoms with E-state index in [1.165, 1.54) is 12.1 Å². The summed E-state index contributed by atoms with van der Waals surface area (Å²) in [4.78, 5) is 13.8. The van der Waals surface area contributed by atoms with E-state index in [4.69, 9.17) is 10.2 Å². The molecule has 0 aliphatic carbocycles. The molecule has 0 fully saturated rings. The monoisotopic (exact) mass is 435 g/mol. The Labute approximate surface area is 179 Å². The smallest absolute Gasteiger partial charge is 0.407 e. The molecule has 0 aliphatic heterocycles. The summed E-state index contributed by atoms with van der Waals surface area (Å²) in [5.41, 5.74) is 7.39. The van der Waals surface area contributed by atoms with Crippen molar-refractivity contribution in [3.63, 3.8) is 0 Å². The molecule has 0 bridgehead atoms. The lowest BCUT2D eigenvalue weighted by molar-refractivity contribution is -0.160. The average molecular weight is 435 g/mol. The number of hydrogen-bond donors (Lipinski definition) is 2. The zero-order valence-corrected chi connectivity index (χ0v) is 18.1. The topological polar surface area (TPSA) is 71.5 Å². The summed E-state index contributed by atoms with van der Waals surface area (Å²) in [7, 11) is 3.93. The minimum atomic E-state index is -4.61. The Morgan fingerprint density at radius 1 is 1.10 bits per heavy atom. The zero-order chi connectivity index (χ0) is 22.9. The predicted octanol–water partition coefficient (Wildman–Crippen LogP) is 4.74. The number of hydrogen-bond acceptors (Lipinski definition) is 4. The van der Waals surface area contributed by atoms with Crippen LogP contribution in [0.2, 0.25) is 0 Å². The van der Waals surface area contributed by atoms with Crippen LogP contribution in [0.3, 0.4) is 0 Å². The third-order valence-corrected chi connectivity index (χ3v) is 5.14. The normalized spacial score (nSPS) is 14.6. The molecule has 0 saturated carbocycles. The number of rotatable bonds is 8. The van der Waals surface area contributed by atoms with Gasteiger partial charge in [0.1, 0.15) is 17.2 Å². The van der Waals surface area contributed by atoms with Crippen molar-refractivity contribution in [1.29, 1.82) is 0 Å². The van der Waals surface area contributed by atoms with Crippen LogP contribution in [0.25, 0.3) is 21.9 Å². The molecule has 3 aromatic rings. The second kappa shape index (κ2) is 8.88. The largest absolute Gasteiger partial charge is 0.456 e. The number of furan rings is 1. The molecule has 1 heterocycles. The highest BCUT2D eigenvalue weighted by atomic mass is 19.4. The van der Waals surface area contributed by atoms with Crippen molar-refractivity contribution in [3.05, 3.63) is 47.5 Å². The predicted molar refractivity (Wildman–Crippen MR) is 115 cm³/mol. The zero-order valence-electron chi connectivity index (χ0n) is 18.1.